The van der Waals surface area contributed by atoms with Crippen molar-refractivity contribution in [1.82, 2.24) is 15.3 Å². The van der Waals surface area contributed by atoms with Crippen LogP contribution in [0.3, 0.4) is 0 Å². The molecule has 0 saturated carbocycles. The number of pyridine rings is 2. The molecule has 1 unspecified atom stereocenters. The van der Waals surface area contributed by atoms with Crippen LogP contribution in [0.25, 0.3) is 10.9 Å². The van der Waals surface area contributed by atoms with Gasteiger partial charge < -0.3 is 5.32 Å². The Labute approximate surface area is 116 Å². The Morgan fingerprint density at radius 3 is 2.65 bits per heavy atom. The van der Waals surface area contributed by atoms with Crippen LogP contribution in [0.15, 0.2) is 54.9 Å². The van der Waals surface area contributed by atoms with Crippen molar-refractivity contribution < 1.29 is 4.39 Å². The van der Waals surface area contributed by atoms with Gasteiger partial charge >= 0.3 is 0 Å². The molecule has 0 aliphatic rings. The van der Waals surface area contributed by atoms with Crippen molar-refractivity contribution >= 4 is 10.9 Å². The van der Waals surface area contributed by atoms with Crippen molar-refractivity contribution in [3.05, 3.63) is 71.9 Å². The van der Waals surface area contributed by atoms with E-state index in [1.807, 2.05) is 30.3 Å². The van der Waals surface area contributed by atoms with Crippen LogP contribution in [0.2, 0.25) is 0 Å². The topological polar surface area (TPSA) is 37.8 Å². The summed E-state index contributed by atoms with van der Waals surface area (Å²) in [6.45, 7) is 0. The largest absolute Gasteiger partial charge is 0.308 e. The van der Waals surface area contributed by atoms with Gasteiger partial charge in [-0.3, -0.25) is 9.97 Å². The lowest BCUT2D eigenvalue weighted by molar-refractivity contribution is 0.560. The van der Waals surface area contributed by atoms with E-state index >= 15 is 0 Å². The lowest BCUT2D eigenvalue weighted by atomic mass is 10.0. The third-order valence-electron chi connectivity index (χ3n) is 3.31. The van der Waals surface area contributed by atoms with Gasteiger partial charge in [0.05, 0.1) is 17.3 Å². The van der Waals surface area contributed by atoms with Crippen LogP contribution in [-0.2, 0) is 0 Å². The molecule has 0 spiro atoms. The van der Waals surface area contributed by atoms with Gasteiger partial charge in [-0.05, 0) is 42.9 Å². The number of aromatic nitrogens is 2. The number of hydrogen-bond donors (Lipinski definition) is 1. The normalized spacial score (nSPS) is 12.5. The molecule has 3 aromatic rings. The molecule has 4 heteroatoms. The Morgan fingerprint density at radius 1 is 1.05 bits per heavy atom. The fourth-order valence-corrected chi connectivity index (χ4v) is 2.35. The highest BCUT2D eigenvalue weighted by atomic mass is 19.1. The second-order valence-electron chi connectivity index (χ2n) is 4.55. The second kappa shape index (κ2) is 5.35. The molecular weight excluding hydrogens is 253 g/mol. The smallest absolute Gasteiger partial charge is 0.146 e. The standard InChI is InChI=1S/C16H14FN3/c1-18-15(16-13(17)5-3-9-20-16)12-6-7-14-11(10-12)4-2-8-19-14/h2-10,15,18H,1H3. The van der Waals surface area contributed by atoms with E-state index in [2.05, 4.69) is 15.3 Å². The lowest BCUT2D eigenvalue weighted by Gasteiger charge is -2.17. The monoisotopic (exact) mass is 267 g/mol. The summed E-state index contributed by atoms with van der Waals surface area (Å²) in [5, 5.41) is 4.15. The molecule has 3 nitrogen and oxygen atoms in total. The number of benzene rings is 1. The van der Waals surface area contributed by atoms with Crippen molar-refractivity contribution in [3.63, 3.8) is 0 Å². The van der Waals surface area contributed by atoms with Gasteiger partial charge in [0.1, 0.15) is 5.82 Å². The predicted octanol–water partition coefficient (Wildman–Crippen LogP) is 3.08. The number of nitrogens with zero attached hydrogens (tertiary/aromatic N) is 2. The molecule has 0 bridgehead atoms. The molecule has 1 N–H and O–H groups in total. The van der Waals surface area contributed by atoms with E-state index in [-0.39, 0.29) is 11.9 Å². The summed E-state index contributed by atoms with van der Waals surface area (Å²) in [6, 6.07) is 12.5. The number of halogens is 1. The first-order valence-electron chi connectivity index (χ1n) is 6.42. The average Bonchev–Trinajstić information content (AvgIpc) is 2.50. The Morgan fingerprint density at radius 2 is 1.85 bits per heavy atom. The molecule has 3 rings (SSSR count). The average molecular weight is 267 g/mol. The molecule has 0 saturated heterocycles. The molecule has 100 valence electrons. The first-order chi connectivity index (χ1) is 9.79. The van der Waals surface area contributed by atoms with E-state index < -0.39 is 0 Å². The van der Waals surface area contributed by atoms with Crippen molar-refractivity contribution in [2.45, 2.75) is 6.04 Å². The Hall–Kier alpha value is -2.33. The highest BCUT2D eigenvalue weighted by molar-refractivity contribution is 5.79. The first kappa shape index (κ1) is 12.7. The van der Waals surface area contributed by atoms with E-state index in [0.29, 0.717) is 5.69 Å². The number of nitrogens with one attached hydrogen (secondary N) is 1. The third-order valence-corrected chi connectivity index (χ3v) is 3.31. The number of rotatable bonds is 3. The minimum Gasteiger partial charge on any atom is -0.308 e. The Kier molecular flexibility index (Phi) is 3.39. The molecule has 0 radical (unpaired) electrons. The van der Waals surface area contributed by atoms with Crippen molar-refractivity contribution in [2.24, 2.45) is 0 Å². The molecular formula is C16H14FN3. The molecule has 1 aromatic carbocycles. The second-order valence-corrected chi connectivity index (χ2v) is 4.55. The summed E-state index contributed by atoms with van der Waals surface area (Å²) in [5.41, 5.74) is 2.29. The van der Waals surface area contributed by atoms with Crippen molar-refractivity contribution in [3.8, 4) is 0 Å². The van der Waals surface area contributed by atoms with E-state index in [4.69, 9.17) is 0 Å². The summed E-state index contributed by atoms with van der Waals surface area (Å²) in [4.78, 5) is 8.44. The molecule has 0 aliphatic carbocycles. The van der Waals surface area contributed by atoms with Gasteiger partial charge in [0, 0.05) is 17.8 Å². The maximum absolute atomic E-state index is 13.9. The summed E-state index contributed by atoms with van der Waals surface area (Å²) in [6.07, 6.45) is 3.36. The van der Waals surface area contributed by atoms with Gasteiger partial charge in [0.2, 0.25) is 0 Å². The van der Waals surface area contributed by atoms with E-state index in [9.17, 15) is 4.39 Å². The van der Waals surface area contributed by atoms with Gasteiger partial charge in [0.25, 0.3) is 0 Å². The van der Waals surface area contributed by atoms with Gasteiger partial charge in [-0.1, -0.05) is 12.1 Å². The van der Waals surface area contributed by atoms with E-state index in [1.165, 1.54) is 6.07 Å². The maximum atomic E-state index is 13.9. The molecule has 0 amide bonds. The van der Waals surface area contributed by atoms with Crippen LogP contribution in [0.1, 0.15) is 17.3 Å². The molecule has 2 aromatic heterocycles. The lowest BCUT2D eigenvalue weighted by Crippen LogP contribution is -2.20. The highest BCUT2D eigenvalue weighted by Gasteiger charge is 2.17. The Bertz CT molecular complexity index is 742. The first-order valence-corrected chi connectivity index (χ1v) is 6.42. The van der Waals surface area contributed by atoms with Crippen LogP contribution in [0.5, 0.6) is 0 Å². The van der Waals surface area contributed by atoms with Crippen molar-refractivity contribution in [2.75, 3.05) is 7.05 Å². The predicted molar refractivity (Wildman–Crippen MR) is 76.8 cm³/mol. The quantitative estimate of drug-likeness (QED) is 0.792. The summed E-state index contributed by atoms with van der Waals surface area (Å²) in [5.74, 6) is -0.307. The Balaban J connectivity index is 2.10. The van der Waals surface area contributed by atoms with Gasteiger partial charge in [-0.25, -0.2) is 4.39 Å². The summed E-state index contributed by atoms with van der Waals surface area (Å²) in [7, 11) is 1.80. The van der Waals surface area contributed by atoms with Crippen molar-refractivity contribution in [1.29, 1.82) is 0 Å². The minimum absolute atomic E-state index is 0.277. The summed E-state index contributed by atoms with van der Waals surface area (Å²) >= 11 is 0. The number of fused-ring (bicyclic) bond motifs is 1. The molecule has 1 atom stereocenters. The van der Waals surface area contributed by atoms with Crippen LogP contribution in [-0.4, -0.2) is 17.0 Å². The summed E-state index contributed by atoms with van der Waals surface area (Å²) < 4.78 is 13.9. The third kappa shape index (κ3) is 2.26. The van der Waals surface area contributed by atoms with Crippen LogP contribution < -0.4 is 5.32 Å². The van der Waals surface area contributed by atoms with Crippen LogP contribution >= 0.6 is 0 Å². The van der Waals surface area contributed by atoms with Gasteiger partial charge in [0.15, 0.2) is 0 Å². The number of hydrogen-bond acceptors (Lipinski definition) is 3. The van der Waals surface area contributed by atoms with E-state index in [1.54, 1.807) is 25.5 Å². The van der Waals surface area contributed by atoms with E-state index in [0.717, 1.165) is 16.5 Å². The van der Waals surface area contributed by atoms with Crippen LogP contribution in [0, 0.1) is 5.82 Å². The van der Waals surface area contributed by atoms with Crippen LogP contribution in [0.4, 0.5) is 4.39 Å². The zero-order valence-corrected chi connectivity index (χ0v) is 11.0. The molecule has 0 aliphatic heterocycles. The highest BCUT2D eigenvalue weighted by Crippen LogP contribution is 2.24. The zero-order valence-electron chi connectivity index (χ0n) is 11.0. The fourth-order valence-electron chi connectivity index (χ4n) is 2.35. The SMILES string of the molecule is CNC(c1ccc2ncccc2c1)c1ncccc1F. The molecule has 2 heterocycles. The maximum Gasteiger partial charge on any atom is 0.146 e. The molecule has 0 fully saturated rings. The van der Waals surface area contributed by atoms with Gasteiger partial charge in [-0.2, -0.15) is 0 Å². The molecule has 20 heavy (non-hydrogen) atoms. The van der Waals surface area contributed by atoms with Gasteiger partial charge in [-0.15, -0.1) is 0 Å². The fraction of sp³-hybridized carbons (Fsp3) is 0.125. The zero-order chi connectivity index (χ0) is 13.9. The minimum atomic E-state index is -0.307.